The topological polar surface area (TPSA) is 29.5 Å². The summed E-state index contributed by atoms with van der Waals surface area (Å²) < 4.78 is 5.72. The van der Waals surface area contributed by atoms with E-state index in [1.165, 1.54) is 6.42 Å². The van der Waals surface area contributed by atoms with Gasteiger partial charge in [0.15, 0.2) is 0 Å². The first kappa shape index (κ1) is 8.60. The molecular formula is C9H14O2S. The minimum Gasteiger partial charge on any atom is -0.392 e. The summed E-state index contributed by atoms with van der Waals surface area (Å²) in [6, 6.07) is 0. The van der Waals surface area contributed by atoms with E-state index in [1.807, 2.05) is 11.8 Å². The van der Waals surface area contributed by atoms with Crippen LogP contribution in [0.1, 0.15) is 19.3 Å². The van der Waals surface area contributed by atoms with Gasteiger partial charge >= 0.3 is 0 Å². The largest absolute Gasteiger partial charge is 0.392 e. The van der Waals surface area contributed by atoms with Crippen LogP contribution in [0.25, 0.3) is 0 Å². The fourth-order valence-corrected chi connectivity index (χ4v) is 3.18. The van der Waals surface area contributed by atoms with Crippen LogP contribution in [0.5, 0.6) is 0 Å². The van der Waals surface area contributed by atoms with Crippen molar-refractivity contribution in [1.29, 1.82) is 0 Å². The van der Waals surface area contributed by atoms with Gasteiger partial charge in [-0.25, -0.2) is 0 Å². The highest BCUT2D eigenvalue weighted by Gasteiger charge is 2.40. The van der Waals surface area contributed by atoms with Crippen LogP contribution in [0.4, 0.5) is 0 Å². The Kier molecular flexibility index (Phi) is 2.44. The van der Waals surface area contributed by atoms with Crippen LogP contribution in [0.2, 0.25) is 0 Å². The minimum atomic E-state index is -0.132. The van der Waals surface area contributed by atoms with Gasteiger partial charge in [0.2, 0.25) is 0 Å². The molecule has 1 saturated heterocycles. The summed E-state index contributed by atoms with van der Waals surface area (Å²) in [7, 11) is 0. The Morgan fingerprint density at radius 2 is 2.58 bits per heavy atom. The molecule has 1 aliphatic carbocycles. The summed E-state index contributed by atoms with van der Waals surface area (Å²) in [5.74, 6) is 1.07. The Labute approximate surface area is 77.0 Å². The van der Waals surface area contributed by atoms with E-state index in [0.717, 1.165) is 30.8 Å². The van der Waals surface area contributed by atoms with Crippen molar-refractivity contribution in [3.05, 3.63) is 11.6 Å². The summed E-state index contributed by atoms with van der Waals surface area (Å²) >= 11 is 1.85. The number of aliphatic hydroxyl groups is 1. The number of rotatable bonds is 1. The number of thioether (sulfide) groups is 1. The third-order valence-corrected chi connectivity index (χ3v) is 3.94. The molecule has 0 amide bonds. The highest BCUT2D eigenvalue weighted by Crippen LogP contribution is 2.45. The highest BCUT2D eigenvalue weighted by atomic mass is 32.2. The highest BCUT2D eigenvalue weighted by molar-refractivity contribution is 8.00. The number of hydrogen-bond acceptors (Lipinski definition) is 3. The van der Waals surface area contributed by atoms with Crippen molar-refractivity contribution in [3.63, 3.8) is 0 Å². The zero-order valence-corrected chi connectivity index (χ0v) is 7.90. The van der Waals surface area contributed by atoms with E-state index in [1.54, 1.807) is 0 Å². The molecule has 0 radical (unpaired) electrons. The average Bonchev–Trinajstić information content (AvgIpc) is 2.55. The molecule has 12 heavy (non-hydrogen) atoms. The van der Waals surface area contributed by atoms with Gasteiger partial charge in [-0.15, -0.1) is 11.8 Å². The molecule has 1 N–H and O–H groups in total. The standard InChI is InChI=1S/C9H14O2S/c10-7-8-3-1-2-4-9(8)11-5-6-12-9/h3,10H,1-2,4-7H2. The molecule has 1 aliphatic heterocycles. The normalized spacial score (nSPS) is 35.6. The average molecular weight is 186 g/mol. The van der Waals surface area contributed by atoms with Gasteiger partial charge in [-0.05, 0) is 24.8 Å². The monoisotopic (exact) mass is 186 g/mol. The zero-order chi connectivity index (χ0) is 8.44. The molecule has 0 saturated carbocycles. The van der Waals surface area contributed by atoms with E-state index < -0.39 is 0 Å². The SMILES string of the molecule is OCC1=CCCCC12OCCS2. The lowest BCUT2D eigenvalue weighted by Gasteiger charge is -2.32. The van der Waals surface area contributed by atoms with Crippen molar-refractivity contribution in [2.45, 2.75) is 24.2 Å². The molecule has 2 aliphatic rings. The summed E-state index contributed by atoms with van der Waals surface area (Å²) in [6.07, 6.45) is 5.50. The van der Waals surface area contributed by atoms with Crippen LogP contribution in [0, 0.1) is 0 Å². The van der Waals surface area contributed by atoms with Crippen LogP contribution in [0.15, 0.2) is 11.6 Å². The molecule has 0 aromatic rings. The maximum absolute atomic E-state index is 9.16. The quantitative estimate of drug-likeness (QED) is 0.630. The molecule has 2 nitrogen and oxygen atoms in total. The van der Waals surface area contributed by atoms with E-state index in [2.05, 4.69) is 6.08 Å². The van der Waals surface area contributed by atoms with Crippen LogP contribution in [0.3, 0.4) is 0 Å². The summed E-state index contributed by atoms with van der Waals surface area (Å²) in [5, 5.41) is 9.16. The van der Waals surface area contributed by atoms with Crippen LogP contribution in [-0.4, -0.2) is 29.0 Å². The van der Waals surface area contributed by atoms with Gasteiger partial charge in [0.1, 0.15) is 4.93 Å². The Balaban J connectivity index is 2.20. The smallest absolute Gasteiger partial charge is 0.137 e. The van der Waals surface area contributed by atoms with E-state index in [0.29, 0.717) is 0 Å². The molecule has 0 bridgehead atoms. The molecule has 68 valence electrons. The molecule has 1 spiro atoms. The number of allylic oxidation sites excluding steroid dienone is 1. The van der Waals surface area contributed by atoms with Crippen molar-refractivity contribution in [1.82, 2.24) is 0 Å². The second kappa shape index (κ2) is 3.40. The molecule has 2 rings (SSSR count). The van der Waals surface area contributed by atoms with E-state index in [-0.39, 0.29) is 11.5 Å². The zero-order valence-electron chi connectivity index (χ0n) is 7.08. The molecule has 1 heterocycles. The molecular weight excluding hydrogens is 172 g/mol. The molecule has 1 atom stereocenters. The summed E-state index contributed by atoms with van der Waals surface area (Å²) in [6.45, 7) is 0.995. The molecule has 1 unspecified atom stereocenters. The molecule has 1 fully saturated rings. The Bertz CT molecular complexity index is 195. The van der Waals surface area contributed by atoms with Crippen molar-refractivity contribution < 1.29 is 9.84 Å². The van der Waals surface area contributed by atoms with Crippen LogP contribution < -0.4 is 0 Å². The van der Waals surface area contributed by atoms with Gasteiger partial charge in [0, 0.05) is 5.75 Å². The summed E-state index contributed by atoms with van der Waals surface area (Å²) in [5.41, 5.74) is 1.09. The van der Waals surface area contributed by atoms with E-state index >= 15 is 0 Å². The summed E-state index contributed by atoms with van der Waals surface area (Å²) in [4.78, 5) is -0.132. The van der Waals surface area contributed by atoms with Gasteiger partial charge in [-0.3, -0.25) is 0 Å². The van der Waals surface area contributed by atoms with Crippen molar-refractivity contribution in [2.24, 2.45) is 0 Å². The first-order valence-corrected chi connectivity index (χ1v) is 5.44. The van der Waals surface area contributed by atoms with E-state index in [9.17, 15) is 0 Å². The Morgan fingerprint density at radius 3 is 3.25 bits per heavy atom. The number of aliphatic hydroxyl groups excluding tert-OH is 1. The fourth-order valence-electron chi connectivity index (χ4n) is 1.90. The second-order valence-corrected chi connectivity index (χ2v) is 4.59. The number of ether oxygens (including phenoxy) is 1. The molecule has 0 aromatic heterocycles. The Morgan fingerprint density at radius 1 is 1.67 bits per heavy atom. The van der Waals surface area contributed by atoms with E-state index in [4.69, 9.17) is 9.84 Å². The second-order valence-electron chi connectivity index (χ2n) is 3.23. The molecule has 0 aromatic carbocycles. The third kappa shape index (κ3) is 1.30. The lowest BCUT2D eigenvalue weighted by Crippen LogP contribution is -2.31. The van der Waals surface area contributed by atoms with Crippen molar-refractivity contribution in [3.8, 4) is 0 Å². The van der Waals surface area contributed by atoms with Gasteiger partial charge in [-0.2, -0.15) is 0 Å². The first-order valence-electron chi connectivity index (χ1n) is 4.46. The maximum Gasteiger partial charge on any atom is 0.137 e. The van der Waals surface area contributed by atoms with Crippen molar-refractivity contribution >= 4 is 11.8 Å². The molecule has 3 heteroatoms. The minimum absolute atomic E-state index is 0.132. The van der Waals surface area contributed by atoms with Gasteiger partial charge in [0.25, 0.3) is 0 Å². The Hall–Kier alpha value is 0.01000. The van der Waals surface area contributed by atoms with Gasteiger partial charge < -0.3 is 9.84 Å². The predicted octanol–water partition coefficient (Wildman–Crippen LogP) is 1.55. The predicted molar refractivity (Wildman–Crippen MR) is 50.2 cm³/mol. The first-order chi connectivity index (χ1) is 5.87. The van der Waals surface area contributed by atoms with Crippen LogP contribution >= 0.6 is 11.8 Å². The lowest BCUT2D eigenvalue weighted by molar-refractivity contribution is 0.0583. The van der Waals surface area contributed by atoms with Crippen LogP contribution in [-0.2, 0) is 4.74 Å². The maximum atomic E-state index is 9.16. The van der Waals surface area contributed by atoms with Crippen molar-refractivity contribution in [2.75, 3.05) is 19.0 Å². The van der Waals surface area contributed by atoms with Gasteiger partial charge in [0.05, 0.1) is 13.2 Å². The third-order valence-electron chi connectivity index (χ3n) is 2.51. The number of hydrogen-bond donors (Lipinski definition) is 1. The fraction of sp³-hybridized carbons (Fsp3) is 0.778. The van der Waals surface area contributed by atoms with Gasteiger partial charge in [-0.1, -0.05) is 6.08 Å². The lowest BCUT2D eigenvalue weighted by atomic mass is 9.96.